The van der Waals surface area contributed by atoms with Crippen LogP contribution in [0.3, 0.4) is 0 Å². The van der Waals surface area contributed by atoms with Crippen LogP contribution < -0.4 is 5.32 Å². The van der Waals surface area contributed by atoms with Gasteiger partial charge in [-0.2, -0.15) is 0 Å². The highest BCUT2D eigenvalue weighted by molar-refractivity contribution is 7.89. The Bertz CT molecular complexity index is 523. The van der Waals surface area contributed by atoms with Gasteiger partial charge in [0, 0.05) is 31.9 Å². The smallest absolute Gasteiger partial charge is 0.214 e. The molecule has 118 valence electrons. The number of nitrogens with zero attached hydrogens (tertiary/aromatic N) is 2. The average Bonchev–Trinajstić information content (AvgIpc) is 2.45. The van der Waals surface area contributed by atoms with Gasteiger partial charge < -0.3 is 5.32 Å². The van der Waals surface area contributed by atoms with Crippen molar-refractivity contribution in [3.63, 3.8) is 0 Å². The first kappa shape index (κ1) is 16.4. The largest absolute Gasteiger partial charge is 0.308 e. The Morgan fingerprint density at radius 2 is 2.05 bits per heavy atom. The van der Waals surface area contributed by atoms with Crippen molar-refractivity contribution in [1.82, 2.24) is 14.6 Å². The van der Waals surface area contributed by atoms with E-state index in [0.29, 0.717) is 19.1 Å². The maximum absolute atomic E-state index is 12.2. The molecule has 0 bridgehead atoms. The zero-order valence-corrected chi connectivity index (χ0v) is 13.6. The van der Waals surface area contributed by atoms with Crippen LogP contribution in [0.15, 0.2) is 24.4 Å². The molecule has 1 saturated heterocycles. The molecule has 0 amide bonds. The van der Waals surface area contributed by atoms with Crippen LogP contribution in [-0.2, 0) is 16.6 Å². The molecule has 5 nitrogen and oxygen atoms in total. The van der Waals surface area contributed by atoms with E-state index in [1.807, 2.05) is 32.0 Å². The van der Waals surface area contributed by atoms with Gasteiger partial charge in [0.25, 0.3) is 0 Å². The number of hydrogen-bond donors (Lipinski definition) is 1. The predicted molar refractivity (Wildman–Crippen MR) is 84.3 cm³/mol. The van der Waals surface area contributed by atoms with Gasteiger partial charge in [-0.05, 0) is 30.9 Å². The van der Waals surface area contributed by atoms with Crippen molar-refractivity contribution in [3.05, 3.63) is 30.1 Å². The summed E-state index contributed by atoms with van der Waals surface area (Å²) >= 11 is 0. The van der Waals surface area contributed by atoms with Crippen molar-refractivity contribution in [1.29, 1.82) is 0 Å². The molecular weight excluding hydrogens is 286 g/mol. The fourth-order valence-corrected chi connectivity index (χ4v) is 4.44. The fourth-order valence-electron chi connectivity index (χ4n) is 2.62. The monoisotopic (exact) mass is 311 g/mol. The van der Waals surface area contributed by atoms with Gasteiger partial charge in [-0.1, -0.05) is 19.9 Å². The normalized spacial score (nSPS) is 18.2. The first-order chi connectivity index (χ1) is 9.97. The van der Waals surface area contributed by atoms with E-state index >= 15 is 0 Å². The first-order valence-electron chi connectivity index (χ1n) is 7.58. The lowest BCUT2D eigenvalue weighted by Crippen LogP contribution is -2.45. The second kappa shape index (κ2) is 7.33. The Kier molecular flexibility index (Phi) is 5.72. The Morgan fingerprint density at radius 3 is 2.62 bits per heavy atom. The summed E-state index contributed by atoms with van der Waals surface area (Å²) in [6, 6.07) is 6.25. The third-order valence-corrected chi connectivity index (χ3v) is 5.93. The number of aromatic nitrogens is 1. The standard InChI is InChI=1S/C15H25N3O2S/c1-13(2)12-21(19,20)18-9-6-14(7-10-18)17-11-15-5-3-4-8-16-15/h3-5,8,13-14,17H,6-7,9-12H2,1-2H3. The van der Waals surface area contributed by atoms with Crippen molar-refractivity contribution >= 4 is 10.0 Å². The molecule has 1 N–H and O–H groups in total. The van der Waals surface area contributed by atoms with Crippen LogP contribution in [0.2, 0.25) is 0 Å². The van der Waals surface area contributed by atoms with Crippen molar-refractivity contribution in [2.45, 2.75) is 39.3 Å². The molecule has 0 spiro atoms. The Hall–Kier alpha value is -0.980. The zero-order chi connectivity index (χ0) is 15.3. The van der Waals surface area contributed by atoms with Gasteiger partial charge in [-0.3, -0.25) is 4.98 Å². The van der Waals surface area contributed by atoms with E-state index in [4.69, 9.17) is 0 Å². The molecular formula is C15H25N3O2S. The van der Waals surface area contributed by atoms with Crippen molar-refractivity contribution < 1.29 is 8.42 Å². The Balaban J connectivity index is 1.78. The van der Waals surface area contributed by atoms with Gasteiger partial charge in [0.2, 0.25) is 10.0 Å². The summed E-state index contributed by atoms with van der Waals surface area (Å²) in [7, 11) is -3.08. The van der Waals surface area contributed by atoms with Gasteiger partial charge in [-0.25, -0.2) is 12.7 Å². The summed E-state index contributed by atoms with van der Waals surface area (Å²) in [6.07, 6.45) is 3.52. The second-order valence-corrected chi connectivity index (χ2v) is 8.06. The summed E-state index contributed by atoms with van der Waals surface area (Å²) in [6.45, 7) is 5.87. The Labute approximate surface area is 127 Å². The SMILES string of the molecule is CC(C)CS(=O)(=O)N1CCC(NCc2ccccn2)CC1. The summed E-state index contributed by atoms with van der Waals surface area (Å²) in [5.74, 6) is 0.425. The molecule has 1 fully saturated rings. The van der Waals surface area contributed by atoms with Crippen LogP contribution in [0.25, 0.3) is 0 Å². The van der Waals surface area contributed by atoms with Crippen LogP contribution >= 0.6 is 0 Å². The van der Waals surface area contributed by atoms with Gasteiger partial charge in [0.15, 0.2) is 0 Å². The topological polar surface area (TPSA) is 62.3 Å². The summed E-state index contributed by atoms with van der Waals surface area (Å²) in [4.78, 5) is 4.28. The minimum Gasteiger partial charge on any atom is -0.308 e. The lowest BCUT2D eigenvalue weighted by Gasteiger charge is -2.32. The molecule has 1 aromatic rings. The van der Waals surface area contributed by atoms with Crippen molar-refractivity contribution in [2.75, 3.05) is 18.8 Å². The average molecular weight is 311 g/mol. The van der Waals surface area contributed by atoms with E-state index in [1.165, 1.54) is 0 Å². The van der Waals surface area contributed by atoms with Gasteiger partial charge in [0.1, 0.15) is 0 Å². The lowest BCUT2D eigenvalue weighted by atomic mass is 10.1. The van der Waals surface area contributed by atoms with E-state index < -0.39 is 10.0 Å². The molecule has 21 heavy (non-hydrogen) atoms. The molecule has 0 atom stereocenters. The lowest BCUT2D eigenvalue weighted by molar-refractivity contribution is 0.287. The molecule has 1 aromatic heterocycles. The highest BCUT2D eigenvalue weighted by atomic mass is 32.2. The quantitative estimate of drug-likeness (QED) is 0.867. The minimum atomic E-state index is -3.08. The molecule has 6 heteroatoms. The zero-order valence-electron chi connectivity index (χ0n) is 12.8. The molecule has 0 aliphatic carbocycles. The third kappa shape index (κ3) is 5.05. The second-order valence-electron chi connectivity index (χ2n) is 6.05. The van der Waals surface area contributed by atoms with Crippen LogP contribution in [0, 0.1) is 5.92 Å². The highest BCUT2D eigenvalue weighted by Crippen LogP contribution is 2.16. The van der Waals surface area contributed by atoms with Crippen LogP contribution in [0.4, 0.5) is 0 Å². The number of nitrogens with one attached hydrogen (secondary N) is 1. The minimum absolute atomic E-state index is 0.176. The fraction of sp³-hybridized carbons (Fsp3) is 0.667. The molecule has 0 radical (unpaired) electrons. The molecule has 1 aliphatic heterocycles. The third-order valence-electron chi connectivity index (χ3n) is 3.69. The molecule has 1 aliphatic rings. The van der Waals surface area contributed by atoms with E-state index in [2.05, 4.69) is 10.3 Å². The molecule has 0 aromatic carbocycles. The number of pyridine rings is 1. The number of sulfonamides is 1. The molecule has 0 saturated carbocycles. The summed E-state index contributed by atoms with van der Waals surface area (Å²) < 4.78 is 26.0. The molecule has 2 heterocycles. The van der Waals surface area contributed by atoms with Gasteiger partial charge >= 0.3 is 0 Å². The van der Waals surface area contributed by atoms with E-state index in [0.717, 1.165) is 25.1 Å². The summed E-state index contributed by atoms with van der Waals surface area (Å²) in [5, 5.41) is 3.47. The van der Waals surface area contributed by atoms with Crippen LogP contribution in [-0.4, -0.2) is 42.6 Å². The Morgan fingerprint density at radius 1 is 1.33 bits per heavy atom. The maximum atomic E-state index is 12.2. The van der Waals surface area contributed by atoms with E-state index in [-0.39, 0.29) is 11.7 Å². The van der Waals surface area contributed by atoms with Gasteiger partial charge in [-0.15, -0.1) is 0 Å². The van der Waals surface area contributed by atoms with Crippen LogP contribution in [0.5, 0.6) is 0 Å². The van der Waals surface area contributed by atoms with Crippen molar-refractivity contribution in [3.8, 4) is 0 Å². The highest BCUT2D eigenvalue weighted by Gasteiger charge is 2.28. The number of hydrogen-bond acceptors (Lipinski definition) is 4. The predicted octanol–water partition coefficient (Wildman–Crippen LogP) is 1.62. The first-order valence-corrected chi connectivity index (χ1v) is 9.19. The number of rotatable bonds is 6. The summed E-state index contributed by atoms with van der Waals surface area (Å²) in [5.41, 5.74) is 1.02. The van der Waals surface area contributed by atoms with Crippen molar-refractivity contribution in [2.24, 2.45) is 5.92 Å². The number of piperidine rings is 1. The molecule has 0 unspecified atom stereocenters. The van der Waals surface area contributed by atoms with Gasteiger partial charge in [0.05, 0.1) is 11.4 Å². The van der Waals surface area contributed by atoms with E-state index in [1.54, 1.807) is 10.5 Å². The molecule has 2 rings (SSSR count). The van der Waals surface area contributed by atoms with E-state index in [9.17, 15) is 8.42 Å². The maximum Gasteiger partial charge on any atom is 0.214 e. The van der Waals surface area contributed by atoms with Crippen LogP contribution in [0.1, 0.15) is 32.4 Å².